The van der Waals surface area contributed by atoms with Crippen LogP contribution in [0.2, 0.25) is 5.02 Å². The Bertz CT molecular complexity index is 1430. The number of carbonyl (C=O) groups excluding carboxylic acids is 2. The average molecular weight is 525 g/mol. The van der Waals surface area contributed by atoms with E-state index in [-0.39, 0.29) is 10.7 Å². The molecule has 1 fully saturated rings. The molecule has 0 unspecified atom stereocenters. The van der Waals surface area contributed by atoms with Crippen LogP contribution in [0.1, 0.15) is 11.1 Å². The van der Waals surface area contributed by atoms with Crippen molar-refractivity contribution in [2.75, 3.05) is 9.80 Å². The second-order valence-corrected chi connectivity index (χ2v) is 9.05. The Labute approximate surface area is 225 Å². The zero-order valence-corrected chi connectivity index (χ0v) is 21.2. The van der Waals surface area contributed by atoms with Crippen molar-refractivity contribution >= 4 is 58.2 Å². The van der Waals surface area contributed by atoms with Gasteiger partial charge in [-0.1, -0.05) is 78.3 Å². The molecule has 1 aliphatic heterocycles. The monoisotopic (exact) mass is 524 g/mol. The lowest BCUT2D eigenvalue weighted by molar-refractivity contribution is -0.120. The molecule has 0 aromatic heterocycles. The fourth-order valence-electron chi connectivity index (χ4n) is 3.99. The number of para-hydroxylation sites is 2. The van der Waals surface area contributed by atoms with Gasteiger partial charge < -0.3 is 4.74 Å². The molecular formula is C30H21ClN2O3S. The lowest BCUT2D eigenvalue weighted by atomic mass is 10.0. The van der Waals surface area contributed by atoms with Crippen molar-refractivity contribution in [3.63, 3.8) is 0 Å². The molecule has 1 aliphatic rings. The number of hydrogen-bond donors (Lipinski definition) is 0. The van der Waals surface area contributed by atoms with Gasteiger partial charge in [0.1, 0.15) is 17.9 Å². The van der Waals surface area contributed by atoms with Crippen molar-refractivity contribution in [1.82, 2.24) is 0 Å². The van der Waals surface area contributed by atoms with Gasteiger partial charge in [-0.3, -0.25) is 19.4 Å². The fraction of sp³-hybridized carbons (Fsp3) is 0.0333. The third-order valence-electron chi connectivity index (χ3n) is 5.79. The van der Waals surface area contributed by atoms with Gasteiger partial charge >= 0.3 is 0 Å². The third kappa shape index (κ3) is 5.16. The molecule has 7 heteroatoms. The van der Waals surface area contributed by atoms with Crippen LogP contribution in [-0.4, -0.2) is 16.9 Å². The molecule has 0 saturated carbocycles. The first-order chi connectivity index (χ1) is 18.0. The van der Waals surface area contributed by atoms with E-state index in [4.69, 9.17) is 28.6 Å². The summed E-state index contributed by atoms with van der Waals surface area (Å²) in [4.78, 5) is 30.2. The van der Waals surface area contributed by atoms with Crippen molar-refractivity contribution < 1.29 is 14.3 Å². The molecular weight excluding hydrogens is 504 g/mol. The summed E-state index contributed by atoms with van der Waals surface area (Å²) in [6.45, 7) is 0.316. The maximum absolute atomic E-state index is 13.8. The average Bonchev–Trinajstić information content (AvgIpc) is 2.92. The molecule has 0 N–H and O–H groups in total. The summed E-state index contributed by atoms with van der Waals surface area (Å²) in [5.74, 6) is -0.559. The molecule has 0 aliphatic carbocycles. The number of hydrogen-bond acceptors (Lipinski definition) is 4. The van der Waals surface area contributed by atoms with E-state index in [1.807, 2.05) is 66.7 Å². The van der Waals surface area contributed by atoms with Gasteiger partial charge in [-0.15, -0.1) is 0 Å². The van der Waals surface area contributed by atoms with E-state index in [9.17, 15) is 9.59 Å². The Morgan fingerprint density at radius 2 is 1.24 bits per heavy atom. The van der Waals surface area contributed by atoms with Gasteiger partial charge in [0.05, 0.1) is 11.4 Å². The lowest BCUT2D eigenvalue weighted by Gasteiger charge is -2.36. The highest BCUT2D eigenvalue weighted by Gasteiger charge is 2.41. The summed E-state index contributed by atoms with van der Waals surface area (Å²) in [5, 5.41) is 0.529. The fourth-order valence-corrected chi connectivity index (χ4v) is 4.55. The van der Waals surface area contributed by atoms with E-state index >= 15 is 0 Å². The van der Waals surface area contributed by atoms with Crippen molar-refractivity contribution in [2.24, 2.45) is 0 Å². The summed E-state index contributed by atoms with van der Waals surface area (Å²) < 4.78 is 6.06. The van der Waals surface area contributed by atoms with Gasteiger partial charge in [0.15, 0.2) is 5.11 Å². The van der Waals surface area contributed by atoms with Crippen molar-refractivity contribution in [2.45, 2.75) is 6.61 Å². The molecule has 2 amide bonds. The van der Waals surface area contributed by atoms with Crippen LogP contribution < -0.4 is 14.5 Å². The van der Waals surface area contributed by atoms with Crippen LogP contribution in [0.3, 0.4) is 0 Å². The second-order valence-electron chi connectivity index (χ2n) is 8.25. The first kappa shape index (κ1) is 24.4. The van der Waals surface area contributed by atoms with E-state index in [1.165, 1.54) is 15.9 Å². The number of amides is 2. The first-order valence-corrected chi connectivity index (χ1v) is 12.3. The summed E-state index contributed by atoms with van der Waals surface area (Å²) >= 11 is 12.0. The zero-order chi connectivity index (χ0) is 25.8. The zero-order valence-electron chi connectivity index (χ0n) is 19.6. The molecule has 182 valence electrons. The van der Waals surface area contributed by atoms with Crippen LogP contribution in [-0.2, 0) is 16.2 Å². The third-order valence-corrected chi connectivity index (χ3v) is 6.39. The van der Waals surface area contributed by atoms with Crippen molar-refractivity contribution in [3.8, 4) is 5.75 Å². The molecule has 5 nitrogen and oxygen atoms in total. The van der Waals surface area contributed by atoms with Crippen LogP contribution in [0.5, 0.6) is 5.75 Å². The van der Waals surface area contributed by atoms with Crippen LogP contribution >= 0.6 is 23.8 Å². The molecule has 4 aromatic rings. The van der Waals surface area contributed by atoms with Gasteiger partial charge in [0.2, 0.25) is 0 Å². The van der Waals surface area contributed by atoms with Crippen molar-refractivity contribution in [3.05, 3.63) is 131 Å². The van der Waals surface area contributed by atoms with Gasteiger partial charge in [0, 0.05) is 10.6 Å². The Morgan fingerprint density at radius 1 is 0.730 bits per heavy atom. The first-order valence-electron chi connectivity index (χ1n) is 11.5. The summed E-state index contributed by atoms with van der Waals surface area (Å²) in [6.07, 6.45) is 1.52. The Hall–Kier alpha value is -4.26. The van der Waals surface area contributed by atoms with Crippen LogP contribution in [0.4, 0.5) is 11.4 Å². The molecule has 5 rings (SSSR count). The van der Waals surface area contributed by atoms with E-state index in [2.05, 4.69) is 0 Å². The molecule has 1 saturated heterocycles. The van der Waals surface area contributed by atoms with Gasteiger partial charge in [-0.25, -0.2) is 0 Å². The summed E-state index contributed by atoms with van der Waals surface area (Å²) in [6, 6.07) is 32.8. The maximum atomic E-state index is 13.8. The number of rotatable bonds is 6. The predicted molar refractivity (Wildman–Crippen MR) is 151 cm³/mol. The summed E-state index contributed by atoms with van der Waals surface area (Å²) in [5.41, 5.74) is 2.55. The van der Waals surface area contributed by atoms with Crippen LogP contribution in [0.25, 0.3) is 6.08 Å². The molecule has 0 bridgehead atoms. The maximum Gasteiger partial charge on any atom is 0.270 e. The Morgan fingerprint density at radius 3 is 1.78 bits per heavy atom. The molecule has 0 radical (unpaired) electrons. The Kier molecular flexibility index (Phi) is 7.12. The minimum atomic E-state index is -0.526. The molecule has 0 spiro atoms. The van der Waals surface area contributed by atoms with E-state index in [1.54, 1.807) is 42.5 Å². The van der Waals surface area contributed by atoms with Crippen LogP contribution in [0, 0.1) is 0 Å². The number of thiocarbonyl (C=S) groups is 1. The van der Waals surface area contributed by atoms with E-state index < -0.39 is 11.8 Å². The SMILES string of the molecule is O=C1C(=Cc2cc(Cl)ccc2OCc2ccccc2)C(=O)N(c2ccccc2)C(=S)N1c1ccccc1. The molecule has 0 atom stereocenters. The number of ether oxygens (including phenoxy) is 1. The molecule has 4 aromatic carbocycles. The molecule has 37 heavy (non-hydrogen) atoms. The summed E-state index contributed by atoms with van der Waals surface area (Å²) in [7, 11) is 0. The Balaban J connectivity index is 1.59. The standard InChI is InChI=1S/C30H21ClN2O3S/c31-23-16-17-27(36-20-21-10-4-1-5-11-21)22(18-23)19-26-28(34)32(24-12-6-2-7-13-24)30(37)33(29(26)35)25-14-8-3-9-15-25/h1-19H,20H2. The number of carbonyl (C=O) groups is 2. The highest BCUT2D eigenvalue weighted by molar-refractivity contribution is 7.81. The molecule has 1 heterocycles. The number of halogens is 1. The normalized spacial score (nSPS) is 13.6. The minimum Gasteiger partial charge on any atom is -0.488 e. The van der Waals surface area contributed by atoms with E-state index in [0.717, 1.165) is 5.56 Å². The second kappa shape index (κ2) is 10.8. The minimum absolute atomic E-state index is 0.0619. The highest BCUT2D eigenvalue weighted by Crippen LogP contribution is 2.32. The number of anilines is 2. The topological polar surface area (TPSA) is 49.9 Å². The lowest BCUT2D eigenvalue weighted by Crippen LogP contribution is -2.56. The van der Waals surface area contributed by atoms with Gasteiger partial charge in [-0.2, -0.15) is 0 Å². The largest absolute Gasteiger partial charge is 0.488 e. The van der Waals surface area contributed by atoms with Crippen LogP contribution in [0.15, 0.2) is 115 Å². The van der Waals surface area contributed by atoms with Gasteiger partial charge in [-0.05, 0) is 66.3 Å². The van der Waals surface area contributed by atoms with Gasteiger partial charge in [0.25, 0.3) is 11.8 Å². The quantitative estimate of drug-likeness (QED) is 0.161. The number of nitrogens with zero attached hydrogens (tertiary/aromatic N) is 2. The smallest absolute Gasteiger partial charge is 0.270 e. The van der Waals surface area contributed by atoms with E-state index in [0.29, 0.717) is 34.3 Å². The predicted octanol–water partition coefficient (Wildman–Crippen LogP) is 6.67. The highest BCUT2D eigenvalue weighted by atomic mass is 35.5. The van der Waals surface area contributed by atoms with Crippen molar-refractivity contribution in [1.29, 1.82) is 0 Å². The number of benzene rings is 4.